The van der Waals surface area contributed by atoms with Crippen molar-refractivity contribution in [3.63, 3.8) is 0 Å². The van der Waals surface area contributed by atoms with Crippen LogP contribution in [0.5, 0.6) is 0 Å². The highest BCUT2D eigenvalue weighted by molar-refractivity contribution is 6.46. The third kappa shape index (κ3) is 3.88. The summed E-state index contributed by atoms with van der Waals surface area (Å²) < 4.78 is 0. The average molecular weight is 471 g/mol. The van der Waals surface area contributed by atoms with Crippen LogP contribution in [0.15, 0.2) is 84.6 Å². The Morgan fingerprint density at radius 3 is 2.44 bits per heavy atom. The molecule has 1 atom stereocenters. The van der Waals surface area contributed by atoms with Crippen LogP contribution in [0.4, 0.5) is 0 Å². The number of ketones is 1. The van der Waals surface area contributed by atoms with Crippen molar-refractivity contribution in [2.45, 2.75) is 19.4 Å². The van der Waals surface area contributed by atoms with Crippen LogP contribution in [0, 0.1) is 6.92 Å². The summed E-state index contributed by atoms with van der Waals surface area (Å²) in [6, 6.07) is 21.5. The molecule has 1 aliphatic rings. The predicted molar refractivity (Wildman–Crippen MR) is 134 cm³/mol. The first-order valence-corrected chi connectivity index (χ1v) is 11.5. The lowest BCUT2D eigenvalue weighted by atomic mass is 9.95. The van der Waals surface area contributed by atoms with Gasteiger partial charge in [0.05, 0.1) is 11.6 Å². The van der Waals surface area contributed by atoms with Crippen molar-refractivity contribution >= 4 is 40.0 Å². The SMILES string of the molecule is Cc1ccc(C(O)=C2C(=O)C(=O)N(CCc3c[nH]c4ccccc34)C2c2ccc(Cl)cc2)cc1. The number of Topliss-reactive ketones (excluding diaryl/α,β-unsaturated/α-hetero) is 1. The molecule has 0 aliphatic carbocycles. The second kappa shape index (κ2) is 8.84. The number of carbonyl (C=O) groups excluding carboxylic acids is 2. The van der Waals surface area contributed by atoms with Gasteiger partial charge in [-0.2, -0.15) is 0 Å². The summed E-state index contributed by atoms with van der Waals surface area (Å²) in [4.78, 5) is 31.2. The molecule has 0 radical (unpaired) electrons. The quantitative estimate of drug-likeness (QED) is 0.220. The van der Waals surface area contributed by atoms with E-state index in [1.54, 1.807) is 41.3 Å². The number of rotatable bonds is 5. The molecule has 1 fully saturated rings. The molecule has 0 bridgehead atoms. The van der Waals surface area contributed by atoms with Gasteiger partial charge in [0.2, 0.25) is 0 Å². The fourth-order valence-electron chi connectivity index (χ4n) is 4.55. The molecule has 6 heteroatoms. The van der Waals surface area contributed by atoms with Crippen molar-refractivity contribution in [2.75, 3.05) is 6.54 Å². The minimum Gasteiger partial charge on any atom is -0.507 e. The molecule has 0 saturated carbocycles. The number of fused-ring (bicyclic) bond motifs is 1. The number of aryl methyl sites for hydroxylation is 1. The Bertz CT molecular complexity index is 1420. The van der Waals surface area contributed by atoms with E-state index in [2.05, 4.69) is 4.98 Å². The number of hydrogen-bond donors (Lipinski definition) is 2. The highest BCUT2D eigenvalue weighted by Crippen LogP contribution is 2.40. The van der Waals surface area contributed by atoms with Crippen LogP contribution < -0.4 is 0 Å². The number of benzene rings is 3. The molecule has 1 saturated heterocycles. The van der Waals surface area contributed by atoms with Crippen molar-refractivity contribution < 1.29 is 14.7 Å². The Morgan fingerprint density at radius 1 is 1.00 bits per heavy atom. The zero-order valence-electron chi connectivity index (χ0n) is 18.6. The summed E-state index contributed by atoms with van der Waals surface area (Å²) in [5.41, 5.74) is 4.43. The summed E-state index contributed by atoms with van der Waals surface area (Å²) in [6.45, 7) is 2.27. The van der Waals surface area contributed by atoms with E-state index in [0.29, 0.717) is 23.6 Å². The highest BCUT2D eigenvalue weighted by atomic mass is 35.5. The van der Waals surface area contributed by atoms with Gasteiger partial charge in [0, 0.05) is 34.2 Å². The Morgan fingerprint density at radius 2 is 1.71 bits per heavy atom. The lowest BCUT2D eigenvalue weighted by Gasteiger charge is -2.25. The maximum atomic E-state index is 13.2. The number of aliphatic hydroxyl groups excluding tert-OH is 1. The van der Waals surface area contributed by atoms with Gasteiger partial charge in [-0.05, 0) is 42.7 Å². The molecule has 2 heterocycles. The molecule has 5 rings (SSSR count). The van der Waals surface area contributed by atoms with E-state index in [1.807, 2.05) is 49.5 Å². The van der Waals surface area contributed by atoms with Gasteiger partial charge in [-0.1, -0.05) is 71.8 Å². The topological polar surface area (TPSA) is 73.4 Å². The zero-order valence-corrected chi connectivity index (χ0v) is 19.3. The van der Waals surface area contributed by atoms with Gasteiger partial charge >= 0.3 is 0 Å². The fraction of sp³-hybridized carbons (Fsp3) is 0.143. The smallest absolute Gasteiger partial charge is 0.295 e. The summed E-state index contributed by atoms with van der Waals surface area (Å²) >= 11 is 6.09. The number of aliphatic hydroxyl groups is 1. The Hall–Kier alpha value is -3.83. The largest absolute Gasteiger partial charge is 0.507 e. The maximum absolute atomic E-state index is 13.2. The van der Waals surface area contributed by atoms with E-state index in [4.69, 9.17) is 11.6 Å². The van der Waals surface area contributed by atoms with Crippen LogP contribution in [0.1, 0.15) is 28.3 Å². The first kappa shape index (κ1) is 22.0. The number of carbonyl (C=O) groups is 2. The monoisotopic (exact) mass is 470 g/mol. The number of aromatic amines is 1. The zero-order chi connectivity index (χ0) is 23.8. The molecular weight excluding hydrogens is 448 g/mol. The molecule has 1 amide bonds. The van der Waals surface area contributed by atoms with E-state index in [0.717, 1.165) is 27.6 Å². The van der Waals surface area contributed by atoms with Crippen LogP contribution in [0.25, 0.3) is 16.7 Å². The van der Waals surface area contributed by atoms with Gasteiger partial charge in [-0.3, -0.25) is 9.59 Å². The predicted octanol–water partition coefficient (Wildman–Crippen LogP) is 5.79. The minimum atomic E-state index is -0.705. The highest BCUT2D eigenvalue weighted by Gasteiger charge is 2.45. The molecule has 170 valence electrons. The van der Waals surface area contributed by atoms with Gasteiger partial charge in [0.1, 0.15) is 5.76 Å². The van der Waals surface area contributed by atoms with Crippen LogP contribution in [0.3, 0.4) is 0 Å². The molecule has 1 aromatic heterocycles. The van der Waals surface area contributed by atoms with Gasteiger partial charge in [0.25, 0.3) is 11.7 Å². The van der Waals surface area contributed by atoms with Gasteiger partial charge < -0.3 is 15.0 Å². The number of nitrogens with zero attached hydrogens (tertiary/aromatic N) is 1. The molecule has 3 aromatic carbocycles. The third-order valence-corrected chi connectivity index (χ3v) is 6.60. The number of nitrogens with one attached hydrogen (secondary N) is 1. The number of halogens is 1. The first-order chi connectivity index (χ1) is 16.4. The molecule has 1 aliphatic heterocycles. The number of hydrogen-bond acceptors (Lipinski definition) is 3. The molecule has 0 spiro atoms. The normalized spacial score (nSPS) is 17.6. The molecule has 34 heavy (non-hydrogen) atoms. The van der Waals surface area contributed by atoms with Crippen LogP contribution in [-0.4, -0.2) is 33.2 Å². The Balaban J connectivity index is 1.56. The third-order valence-electron chi connectivity index (χ3n) is 6.35. The first-order valence-electron chi connectivity index (χ1n) is 11.1. The molecular formula is C28H23ClN2O3. The number of amides is 1. The second-order valence-electron chi connectivity index (χ2n) is 8.52. The summed E-state index contributed by atoms with van der Waals surface area (Å²) in [7, 11) is 0. The van der Waals surface area contributed by atoms with Crippen molar-refractivity contribution in [3.05, 3.63) is 112 Å². The summed E-state index contributed by atoms with van der Waals surface area (Å²) in [5.74, 6) is -1.47. The fourth-order valence-corrected chi connectivity index (χ4v) is 4.67. The Labute approximate surface area is 202 Å². The second-order valence-corrected chi connectivity index (χ2v) is 8.96. The standard InChI is InChI=1S/C28H23ClN2O3/c1-17-6-8-19(9-7-17)26(32)24-25(18-10-12-21(29)13-11-18)31(28(34)27(24)33)15-14-20-16-30-23-5-3-2-4-22(20)23/h2-13,16,25,30,32H,14-15H2,1H3. The van der Waals surface area contributed by atoms with E-state index in [-0.39, 0.29) is 11.3 Å². The van der Waals surface area contributed by atoms with Crippen LogP contribution in [0.2, 0.25) is 5.02 Å². The van der Waals surface area contributed by atoms with E-state index < -0.39 is 17.7 Å². The van der Waals surface area contributed by atoms with Gasteiger partial charge in [-0.25, -0.2) is 0 Å². The van der Waals surface area contributed by atoms with Gasteiger partial charge in [0.15, 0.2) is 0 Å². The minimum absolute atomic E-state index is 0.0927. The van der Waals surface area contributed by atoms with Crippen molar-refractivity contribution in [3.8, 4) is 0 Å². The maximum Gasteiger partial charge on any atom is 0.295 e. The van der Waals surface area contributed by atoms with Crippen LogP contribution >= 0.6 is 11.6 Å². The van der Waals surface area contributed by atoms with Crippen molar-refractivity contribution in [1.29, 1.82) is 0 Å². The number of likely N-dealkylation sites (tertiary alicyclic amines) is 1. The summed E-state index contributed by atoms with van der Waals surface area (Å²) in [6.07, 6.45) is 2.50. The molecule has 2 N–H and O–H groups in total. The van der Waals surface area contributed by atoms with E-state index >= 15 is 0 Å². The number of para-hydroxylation sites is 1. The van der Waals surface area contributed by atoms with Gasteiger partial charge in [-0.15, -0.1) is 0 Å². The lowest BCUT2D eigenvalue weighted by Crippen LogP contribution is -2.31. The lowest BCUT2D eigenvalue weighted by molar-refractivity contribution is -0.139. The van der Waals surface area contributed by atoms with Crippen molar-refractivity contribution in [1.82, 2.24) is 9.88 Å². The molecule has 5 nitrogen and oxygen atoms in total. The Kier molecular flexibility index (Phi) is 5.72. The average Bonchev–Trinajstić information content (AvgIpc) is 3.37. The number of H-pyrrole nitrogens is 1. The van der Waals surface area contributed by atoms with E-state index in [1.165, 1.54) is 0 Å². The number of aromatic nitrogens is 1. The van der Waals surface area contributed by atoms with Crippen LogP contribution in [-0.2, 0) is 16.0 Å². The van der Waals surface area contributed by atoms with Crippen molar-refractivity contribution in [2.24, 2.45) is 0 Å². The summed E-state index contributed by atoms with van der Waals surface area (Å²) in [5, 5.41) is 12.8. The molecule has 4 aromatic rings. The van der Waals surface area contributed by atoms with E-state index in [9.17, 15) is 14.7 Å². The molecule has 1 unspecified atom stereocenters.